The Hall–Kier alpha value is -6.20. The Morgan fingerprint density at radius 3 is 1.38 bits per heavy atom. The van der Waals surface area contributed by atoms with Gasteiger partial charge in [-0.3, -0.25) is 0 Å². The Kier molecular flexibility index (Phi) is 6.63. The molecule has 0 aliphatic heterocycles. The van der Waals surface area contributed by atoms with E-state index in [0.717, 1.165) is 39.0 Å². The van der Waals surface area contributed by atoms with Crippen molar-refractivity contribution in [1.29, 1.82) is 0 Å². The summed E-state index contributed by atoms with van der Waals surface area (Å²) in [4.78, 5) is 2.36. The van der Waals surface area contributed by atoms with Crippen molar-refractivity contribution in [1.82, 2.24) is 0 Å². The molecule has 0 bridgehead atoms. The molecule has 11 aromatic rings. The van der Waals surface area contributed by atoms with Gasteiger partial charge in [-0.1, -0.05) is 109 Å². The van der Waals surface area contributed by atoms with Crippen LogP contribution in [0.15, 0.2) is 180 Å². The maximum Gasteiger partial charge on any atom is 0.137 e. The summed E-state index contributed by atoms with van der Waals surface area (Å²) in [6.45, 7) is 0. The summed E-state index contributed by atoms with van der Waals surface area (Å²) in [5.74, 6) is 0. The SMILES string of the molecule is c1ccc2c(c1)oc1cccc(N(c3ccc(-c4ccc5c(c4)sc4ccccc45)cc3)c3ccc(-c4ccc5c(c4)sc4ccccc45)cc3)c12. The molecular formula is C48H29NOS2. The van der Waals surface area contributed by atoms with Crippen molar-refractivity contribution >= 4 is 102 Å². The number of hydrogen-bond donors (Lipinski definition) is 0. The number of nitrogens with zero attached hydrogens (tertiary/aromatic N) is 1. The lowest BCUT2D eigenvalue weighted by molar-refractivity contribution is 0.669. The smallest absolute Gasteiger partial charge is 0.137 e. The summed E-state index contributed by atoms with van der Waals surface area (Å²) in [6, 6.07) is 63.7. The van der Waals surface area contributed by atoms with Crippen molar-refractivity contribution in [2.75, 3.05) is 4.90 Å². The van der Waals surface area contributed by atoms with E-state index >= 15 is 0 Å². The van der Waals surface area contributed by atoms with Gasteiger partial charge in [0, 0.05) is 57.1 Å². The van der Waals surface area contributed by atoms with Crippen LogP contribution < -0.4 is 4.90 Å². The molecule has 2 nitrogen and oxygen atoms in total. The predicted octanol–water partition coefficient (Wildman–Crippen LogP) is 15.1. The van der Waals surface area contributed by atoms with Crippen LogP contribution in [0.3, 0.4) is 0 Å². The first-order valence-electron chi connectivity index (χ1n) is 17.5. The lowest BCUT2D eigenvalue weighted by Crippen LogP contribution is -2.10. The van der Waals surface area contributed by atoms with Crippen molar-refractivity contribution in [2.24, 2.45) is 0 Å². The number of hydrogen-bond acceptors (Lipinski definition) is 4. The first-order chi connectivity index (χ1) is 25.7. The van der Waals surface area contributed by atoms with Crippen molar-refractivity contribution < 1.29 is 4.42 Å². The Bertz CT molecular complexity index is 2970. The maximum absolute atomic E-state index is 6.36. The summed E-state index contributed by atoms with van der Waals surface area (Å²) in [5.41, 5.74) is 9.87. The summed E-state index contributed by atoms with van der Waals surface area (Å²) >= 11 is 3.72. The summed E-state index contributed by atoms with van der Waals surface area (Å²) in [5, 5.41) is 7.51. The van der Waals surface area contributed by atoms with E-state index in [-0.39, 0.29) is 0 Å². The minimum absolute atomic E-state index is 0.880. The van der Waals surface area contributed by atoms with Gasteiger partial charge in [-0.2, -0.15) is 0 Å². The van der Waals surface area contributed by atoms with E-state index in [2.05, 4.69) is 169 Å². The van der Waals surface area contributed by atoms with Gasteiger partial charge in [-0.15, -0.1) is 22.7 Å². The van der Waals surface area contributed by atoms with Crippen molar-refractivity contribution in [3.63, 3.8) is 0 Å². The maximum atomic E-state index is 6.36. The lowest BCUT2D eigenvalue weighted by atomic mass is 10.0. The fourth-order valence-electron chi connectivity index (χ4n) is 7.79. The van der Waals surface area contributed by atoms with E-state index in [1.807, 2.05) is 34.8 Å². The summed E-state index contributed by atoms with van der Waals surface area (Å²) in [7, 11) is 0. The minimum Gasteiger partial charge on any atom is -0.456 e. The quantitative estimate of drug-likeness (QED) is 0.178. The van der Waals surface area contributed by atoms with E-state index in [4.69, 9.17) is 4.42 Å². The molecule has 52 heavy (non-hydrogen) atoms. The zero-order chi connectivity index (χ0) is 34.2. The zero-order valence-corrected chi connectivity index (χ0v) is 29.5. The highest BCUT2D eigenvalue weighted by Crippen LogP contribution is 2.44. The Morgan fingerprint density at radius 2 is 0.808 bits per heavy atom. The van der Waals surface area contributed by atoms with E-state index in [9.17, 15) is 0 Å². The average Bonchev–Trinajstić information content (AvgIpc) is 3.89. The molecule has 4 heteroatoms. The highest BCUT2D eigenvalue weighted by molar-refractivity contribution is 7.26. The van der Waals surface area contributed by atoms with Crippen LogP contribution in [0.4, 0.5) is 17.1 Å². The van der Waals surface area contributed by atoms with Crippen molar-refractivity contribution in [2.45, 2.75) is 0 Å². The van der Waals surface area contributed by atoms with Crippen LogP contribution in [0.1, 0.15) is 0 Å². The fourth-order valence-corrected chi connectivity index (χ4v) is 10.1. The molecular weight excluding hydrogens is 671 g/mol. The molecule has 0 fully saturated rings. The third-order valence-corrected chi connectivity index (χ3v) is 12.6. The Balaban J connectivity index is 1.02. The van der Waals surface area contributed by atoms with Gasteiger partial charge in [0.2, 0.25) is 0 Å². The van der Waals surface area contributed by atoms with Gasteiger partial charge in [0.15, 0.2) is 0 Å². The molecule has 0 radical (unpaired) electrons. The number of thiophene rings is 2. The van der Waals surface area contributed by atoms with Gasteiger partial charge < -0.3 is 9.32 Å². The first-order valence-corrected chi connectivity index (χ1v) is 19.1. The number of anilines is 3. The van der Waals surface area contributed by atoms with Gasteiger partial charge in [0.1, 0.15) is 11.2 Å². The highest BCUT2D eigenvalue weighted by atomic mass is 32.1. The van der Waals surface area contributed by atoms with E-state index in [0.29, 0.717) is 0 Å². The van der Waals surface area contributed by atoms with E-state index in [1.165, 1.54) is 62.6 Å². The molecule has 0 aliphatic carbocycles. The molecule has 3 heterocycles. The molecule has 8 aromatic carbocycles. The van der Waals surface area contributed by atoms with Crippen LogP contribution in [0.25, 0.3) is 84.5 Å². The van der Waals surface area contributed by atoms with Gasteiger partial charge >= 0.3 is 0 Å². The molecule has 0 atom stereocenters. The molecule has 0 N–H and O–H groups in total. The normalized spacial score (nSPS) is 11.8. The Labute approximate surface area is 308 Å². The third kappa shape index (κ3) is 4.69. The summed E-state index contributed by atoms with van der Waals surface area (Å²) in [6.07, 6.45) is 0. The molecule has 0 amide bonds. The predicted molar refractivity (Wildman–Crippen MR) is 225 cm³/mol. The van der Waals surface area contributed by atoms with Gasteiger partial charge in [-0.25, -0.2) is 0 Å². The number of benzene rings is 8. The highest BCUT2D eigenvalue weighted by Gasteiger charge is 2.20. The lowest BCUT2D eigenvalue weighted by Gasteiger charge is -2.26. The second-order valence-electron chi connectivity index (χ2n) is 13.3. The molecule has 11 rings (SSSR count). The number of furan rings is 1. The van der Waals surface area contributed by atoms with Crippen LogP contribution in [-0.4, -0.2) is 0 Å². The van der Waals surface area contributed by atoms with Gasteiger partial charge in [0.25, 0.3) is 0 Å². The molecule has 0 aliphatic rings. The largest absolute Gasteiger partial charge is 0.456 e. The van der Waals surface area contributed by atoms with Gasteiger partial charge in [0.05, 0.1) is 11.1 Å². The molecule has 0 saturated heterocycles. The summed E-state index contributed by atoms with van der Waals surface area (Å²) < 4.78 is 11.6. The van der Waals surface area contributed by atoms with Crippen LogP contribution in [0.5, 0.6) is 0 Å². The second kappa shape index (κ2) is 11.7. The van der Waals surface area contributed by atoms with Crippen LogP contribution in [0.2, 0.25) is 0 Å². The molecule has 0 saturated carbocycles. The second-order valence-corrected chi connectivity index (χ2v) is 15.5. The number of fused-ring (bicyclic) bond motifs is 9. The minimum atomic E-state index is 0.880. The fraction of sp³-hybridized carbons (Fsp3) is 0. The van der Waals surface area contributed by atoms with Crippen LogP contribution in [0, 0.1) is 0 Å². The number of rotatable bonds is 5. The van der Waals surface area contributed by atoms with Gasteiger partial charge in [-0.05, 0) is 89.0 Å². The van der Waals surface area contributed by atoms with E-state index in [1.54, 1.807) is 0 Å². The molecule has 0 spiro atoms. The average molecular weight is 700 g/mol. The van der Waals surface area contributed by atoms with Crippen LogP contribution in [-0.2, 0) is 0 Å². The first kappa shape index (κ1) is 29.5. The Morgan fingerprint density at radius 1 is 0.346 bits per heavy atom. The molecule has 3 aromatic heterocycles. The molecule has 244 valence electrons. The number of para-hydroxylation sites is 1. The third-order valence-electron chi connectivity index (χ3n) is 10.3. The zero-order valence-electron chi connectivity index (χ0n) is 27.9. The van der Waals surface area contributed by atoms with Crippen molar-refractivity contribution in [3.8, 4) is 22.3 Å². The monoisotopic (exact) mass is 699 g/mol. The molecule has 0 unspecified atom stereocenters. The topological polar surface area (TPSA) is 16.4 Å². The van der Waals surface area contributed by atoms with E-state index < -0.39 is 0 Å². The standard InChI is InChI=1S/C48H29NOS2/c1-4-12-42-40(10-1)48-41(11-7-13-43(48)50-42)49(34-22-16-30(17-23-34)32-20-26-38-36-8-2-5-14-44(36)51-46(38)28-32)35-24-18-31(19-25-35)33-21-27-39-37-9-3-6-15-45(37)52-47(39)29-33/h1-29H. The van der Waals surface area contributed by atoms with Crippen LogP contribution >= 0.6 is 22.7 Å². The van der Waals surface area contributed by atoms with Crippen molar-refractivity contribution in [3.05, 3.63) is 176 Å².